The molecule has 2 amide bonds. The number of para-hydroxylation sites is 1. The van der Waals surface area contributed by atoms with E-state index in [1.165, 1.54) is 0 Å². The zero-order chi connectivity index (χ0) is 22.0. The molecule has 8 nitrogen and oxygen atoms in total. The van der Waals surface area contributed by atoms with Gasteiger partial charge in [0.1, 0.15) is 0 Å². The average Bonchev–Trinajstić information content (AvgIpc) is 3.54. The van der Waals surface area contributed by atoms with Crippen molar-refractivity contribution < 1.29 is 9.59 Å². The number of hydrogen-bond donors (Lipinski definition) is 2. The van der Waals surface area contributed by atoms with Crippen molar-refractivity contribution in [3.8, 4) is 0 Å². The van der Waals surface area contributed by atoms with Gasteiger partial charge in [-0.2, -0.15) is 0 Å². The van der Waals surface area contributed by atoms with Crippen molar-refractivity contribution in [1.82, 2.24) is 19.7 Å². The molecule has 0 bridgehead atoms. The van der Waals surface area contributed by atoms with E-state index in [0.717, 1.165) is 42.6 Å². The van der Waals surface area contributed by atoms with Crippen molar-refractivity contribution in [2.75, 3.05) is 18.4 Å². The fourth-order valence-corrected chi connectivity index (χ4v) is 5.34. The number of H-pyrrole nitrogens is 1. The number of aromatic amines is 1. The maximum Gasteiger partial charge on any atom is 0.274 e. The number of aryl methyl sites for hydroxylation is 1. The van der Waals surface area contributed by atoms with Crippen LogP contribution in [-0.4, -0.2) is 44.6 Å². The van der Waals surface area contributed by atoms with Gasteiger partial charge in [-0.1, -0.05) is 18.2 Å². The van der Waals surface area contributed by atoms with Gasteiger partial charge in [-0.3, -0.25) is 24.2 Å². The molecule has 3 aromatic rings. The minimum Gasteiger partial charge on any atom is -0.339 e. The summed E-state index contributed by atoms with van der Waals surface area (Å²) in [5.74, 6) is 0.349. The van der Waals surface area contributed by atoms with Crippen molar-refractivity contribution >= 4 is 28.5 Å². The molecule has 0 radical (unpaired) electrons. The summed E-state index contributed by atoms with van der Waals surface area (Å²) in [5, 5.41) is 6.10. The Morgan fingerprint density at radius 2 is 1.84 bits per heavy atom. The first-order valence-corrected chi connectivity index (χ1v) is 11.3. The normalized spacial score (nSPS) is 21.1. The van der Waals surface area contributed by atoms with Crippen LogP contribution in [0.25, 0.3) is 11.0 Å². The average molecular weight is 431 g/mol. The lowest BCUT2D eigenvalue weighted by atomic mass is 9.80. The van der Waals surface area contributed by atoms with Crippen molar-refractivity contribution in [2.45, 2.75) is 37.5 Å². The summed E-state index contributed by atoms with van der Waals surface area (Å²) < 4.78 is 1.60. The number of aromatic nitrogens is 3. The molecule has 1 aromatic carbocycles. The molecule has 2 aromatic heterocycles. The minimum absolute atomic E-state index is 0.0525. The van der Waals surface area contributed by atoms with Crippen LogP contribution in [0.2, 0.25) is 0 Å². The molecule has 0 spiro atoms. The molecule has 1 aliphatic carbocycles. The van der Waals surface area contributed by atoms with E-state index in [1.54, 1.807) is 11.7 Å². The lowest BCUT2D eigenvalue weighted by molar-refractivity contribution is -0.118. The lowest BCUT2D eigenvalue weighted by Gasteiger charge is -2.34. The fraction of sp³-hybridized carbons (Fsp3) is 0.417. The number of likely N-dealkylation sites (tertiary alicyclic amines) is 1. The number of amides is 2. The molecule has 164 valence electrons. The number of anilines is 1. The molecular formula is C24H25N5O3. The van der Waals surface area contributed by atoms with E-state index < -0.39 is 0 Å². The second-order valence-corrected chi connectivity index (χ2v) is 9.25. The number of hydrogen-bond acceptors (Lipinski definition) is 4. The standard InChI is InChI=1S/C24H25N5O3/c1-28-21-20(23(31)27-28)16(12-18(25-21)13-6-7-13)24(32)29-10-8-14(9-11-29)19-15-4-2-3-5-17(15)26-22(19)30/h2-5,12-14,19H,6-11H2,1H3,(H,26,30)(H,27,31). The predicted molar refractivity (Wildman–Crippen MR) is 120 cm³/mol. The first kappa shape index (κ1) is 19.3. The van der Waals surface area contributed by atoms with Gasteiger partial charge < -0.3 is 10.2 Å². The van der Waals surface area contributed by atoms with E-state index in [2.05, 4.69) is 15.4 Å². The van der Waals surface area contributed by atoms with Gasteiger partial charge in [-0.05, 0) is 49.3 Å². The monoisotopic (exact) mass is 431 g/mol. The van der Waals surface area contributed by atoms with Crippen LogP contribution in [0.15, 0.2) is 35.1 Å². The third kappa shape index (κ3) is 2.97. The van der Waals surface area contributed by atoms with Crippen LogP contribution in [0.4, 0.5) is 5.69 Å². The Hall–Kier alpha value is -3.42. The van der Waals surface area contributed by atoms with Gasteiger partial charge in [0.2, 0.25) is 5.91 Å². The summed E-state index contributed by atoms with van der Waals surface area (Å²) in [6.45, 7) is 1.14. The zero-order valence-electron chi connectivity index (χ0n) is 17.9. The van der Waals surface area contributed by atoms with E-state index in [1.807, 2.05) is 35.2 Å². The van der Waals surface area contributed by atoms with E-state index in [-0.39, 0.29) is 29.2 Å². The second-order valence-electron chi connectivity index (χ2n) is 9.25. The first-order chi connectivity index (χ1) is 15.5. The molecule has 2 N–H and O–H groups in total. The number of carbonyl (C=O) groups excluding carboxylic acids is 2. The number of benzene rings is 1. The molecule has 1 atom stereocenters. The number of carbonyl (C=O) groups is 2. The third-order valence-electron chi connectivity index (χ3n) is 7.19. The maximum absolute atomic E-state index is 13.5. The Bertz CT molecular complexity index is 1310. The highest BCUT2D eigenvalue weighted by Crippen LogP contribution is 2.42. The van der Waals surface area contributed by atoms with E-state index in [0.29, 0.717) is 35.6 Å². The van der Waals surface area contributed by atoms with Gasteiger partial charge in [0.15, 0.2) is 5.65 Å². The number of rotatable bonds is 3. The van der Waals surface area contributed by atoms with E-state index in [9.17, 15) is 14.4 Å². The van der Waals surface area contributed by atoms with Gasteiger partial charge in [-0.25, -0.2) is 4.98 Å². The Kier molecular flexibility index (Phi) is 4.25. The summed E-state index contributed by atoms with van der Waals surface area (Å²) in [6, 6.07) is 9.68. The number of piperidine rings is 1. The molecule has 1 saturated heterocycles. The molecule has 2 aliphatic heterocycles. The van der Waals surface area contributed by atoms with Crippen molar-refractivity contribution in [1.29, 1.82) is 0 Å². The summed E-state index contributed by atoms with van der Waals surface area (Å²) in [5.41, 5.74) is 3.55. The molecule has 8 heteroatoms. The predicted octanol–water partition coefficient (Wildman–Crippen LogP) is 2.73. The SMILES string of the molecule is Cn1[nH]c(=O)c2c(C(=O)N3CCC(C4C(=O)Nc5ccccc54)CC3)cc(C3CC3)nc21. The van der Waals surface area contributed by atoms with Gasteiger partial charge in [0.05, 0.1) is 16.9 Å². The van der Waals surface area contributed by atoms with E-state index >= 15 is 0 Å². The largest absolute Gasteiger partial charge is 0.339 e. The third-order valence-corrected chi connectivity index (χ3v) is 7.19. The quantitative estimate of drug-likeness (QED) is 0.666. The van der Waals surface area contributed by atoms with Crippen molar-refractivity contribution in [3.63, 3.8) is 0 Å². The highest BCUT2D eigenvalue weighted by atomic mass is 16.2. The topological polar surface area (TPSA) is 100 Å². The molecule has 3 aliphatic rings. The van der Waals surface area contributed by atoms with Gasteiger partial charge in [0.25, 0.3) is 11.5 Å². The molecule has 4 heterocycles. The molecule has 32 heavy (non-hydrogen) atoms. The maximum atomic E-state index is 13.5. The second kappa shape index (κ2) is 7.05. The Labute approximate surface area is 184 Å². The lowest BCUT2D eigenvalue weighted by Crippen LogP contribution is -2.41. The molecular weight excluding hydrogens is 406 g/mol. The molecule has 1 saturated carbocycles. The summed E-state index contributed by atoms with van der Waals surface area (Å²) in [4.78, 5) is 45.2. The Balaban J connectivity index is 1.26. The summed E-state index contributed by atoms with van der Waals surface area (Å²) >= 11 is 0. The molecule has 6 rings (SSSR count). The number of nitrogens with zero attached hydrogens (tertiary/aromatic N) is 3. The van der Waals surface area contributed by atoms with Crippen LogP contribution in [0.5, 0.6) is 0 Å². The van der Waals surface area contributed by atoms with Gasteiger partial charge >= 0.3 is 0 Å². The molecule has 1 unspecified atom stereocenters. The Morgan fingerprint density at radius 1 is 1.09 bits per heavy atom. The van der Waals surface area contributed by atoms with Crippen LogP contribution in [0.1, 0.15) is 59.1 Å². The number of fused-ring (bicyclic) bond motifs is 2. The van der Waals surface area contributed by atoms with Crippen LogP contribution in [-0.2, 0) is 11.8 Å². The Morgan fingerprint density at radius 3 is 2.59 bits per heavy atom. The zero-order valence-corrected chi connectivity index (χ0v) is 17.9. The smallest absolute Gasteiger partial charge is 0.274 e. The van der Waals surface area contributed by atoms with Crippen molar-refractivity contribution in [2.24, 2.45) is 13.0 Å². The molecule has 2 fully saturated rings. The van der Waals surface area contributed by atoms with Crippen LogP contribution in [0.3, 0.4) is 0 Å². The fourth-order valence-electron chi connectivity index (χ4n) is 5.34. The number of nitrogens with one attached hydrogen (secondary N) is 2. The van der Waals surface area contributed by atoms with E-state index in [4.69, 9.17) is 0 Å². The highest BCUT2D eigenvalue weighted by molar-refractivity contribution is 6.06. The van der Waals surface area contributed by atoms with Crippen molar-refractivity contribution in [3.05, 3.63) is 57.5 Å². The minimum atomic E-state index is -0.283. The first-order valence-electron chi connectivity index (χ1n) is 11.3. The summed E-state index contributed by atoms with van der Waals surface area (Å²) in [7, 11) is 1.75. The highest BCUT2D eigenvalue weighted by Gasteiger charge is 2.39. The van der Waals surface area contributed by atoms with Gasteiger partial charge in [0, 0.05) is 37.4 Å². The van der Waals surface area contributed by atoms with Crippen LogP contribution in [0, 0.1) is 5.92 Å². The van der Waals surface area contributed by atoms with Crippen LogP contribution >= 0.6 is 0 Å². The van der Waals surface area contributed by atoms with Crippen LogP contribution < -0.4 is 10.9 Å². The van der Waals surface area contributed by atoms with Gasteiger partial charge in [-0.15, -0.1) is 0 Å². The number of pyridine rings is 1. The summed E-state index contributed by atoms with van der Waals surface area (Å²) in [6.07, 6.45) is 3.65.